The predicted molar refractivity (Wildman–Crippen MR) is 65.4 cm³/mol. The number of aliphatic hydroxyl groups is 2. The summed E-state index contributed by atoms with van der Waals surface area (Å²) >= 11 is 0. The zero-order valence-electron chi connectivity index (χ0n) is 10.6. The van der Waals surface area contributed by atoms with Crippen molar-refractivity contribution in [2.45, 2.75) is 44.8 Å². The van der Waals surface area contributed by atoms with Gasteiger partial charge < -0.3 is 14.7 Å². The van der Waals surface area contributed by atoms with Gasteiger partial charge in [-0.1, -0.05) is 5.16 Å². The molecule has 1 amide bonds. The first-order chi connectivity index (χ1) is 9.21. The molecule has 2 rings (SSSR count). The van der Waals surface area contributed by atoms with Crippen molar-refractivity contribution < 1.29 is 19.5 Å². The van der Waals surface area contributed by atoms with Crippen molar-refractivity contribution in [1.29, 1.82) is 0 Å². The molecule has 7 heteroatoms. The molecule has 0 saturated heterocycles. The Labute approximate surface area is 110 Å². The van der Waals surface area contributed by atoms with E-state index in [1.165, 1.54) is 0 Å². The van der Waals surface area contributed by atoms with Gasteiger partial charge in [0.05, 0.1) is 12.3 Å². The number of carbonyl (C=O) groups excluding carboxylic acids is 1. The SMILES string of the molecule is NNC(=O)C1CCC(c2noc(CO)c2CO)CC1. The second kappa shape index (κ2) is 6.14. The standard InChI is InChI=1S/C12H19N3O4/c13-14-12(18)8-3-1-7(2-4-8)11-9(5-16)10(6-17)19-15-11/h7-8,16-17H,1-6,13H2,(H,14,18). The number of carbonyl (C=O) groups is 1. The summed E-state index contributed by atoms with van der Waals surface area (Å²) in [5.74, 6) is 5.43. The Morgan fingerprint density at radius 1 is 1.32 bits per heavy atom. The number of nitrogens with two attached hydrogens (primary N) is 1. The number of nitrogens with one attached hydrogen (secondary N) is 1. The zero-order chi connectivity index (χ0) is 13.8. The maximum Gasteiger partial charge on any atom is 0.236 e. The monoisotopic (exact) mass is 269 g/mol. The summed E-state index contributed by atoms with van der Waals surface area (Å²) in [5, 5.41) is 22.4. The van der Waals surface area contributed by atoms with E-state index in [9.17, 15) is 9.90 Å². The lowest BCUT2D eigenvalue weighted by molar-refractivity contribution is -0.126. The molecule has 1 aliphatic carbocycles. The maximum absolute atomic E-state index is 11.4. The van der Waals surface area contributed by atoms with Gasteiger partial charge >= 0.3 is 0 Å². The van der Waals surface area contributed by atoms with Gasteiger partial charge in [0, 0.05) is 17.4 Å². The highest BCUT2D eigenvalue weighted by Crippen LogP contribution is 2.37. The van der Waals surface area contributed by atoms with E-state index in [4.69, 9.17) is 15.5 Å². The molecule has 0 unspecified atom stereocenters. The zero-order valence-corrected chi connectivity index (χ0v) is 10.6. The van der Waals surface area contributed by atoms with E-state index in [2.05, 4.69) is 10.6 Å². The molecule has 0 aromatic carbocycles. The minimum absolute atomic E-state index is 0.0527. The van der Waals surface area contributed by atoms with Crippen LogP contribution in [0.5, 0.6) is 0 Å². The first-order valence-electron chi connectivity index (χ1n) is 6.40. The maximum atomic E-state index is 11.4. The van der Waals surface area contributed by atoms with Gasteiger partial charge in [0.1, 0.15) is 6.61 Å². The summed E-state index contributed by atoms with van der Waals surface area (Å²) in [6, 6.07) is 0. The van der Waals surface area contributed by atoms with Crippen LogP contribution < -0.4 is 11.3 Å². The third-order valence-electron chi connectivity index (χ3n) is 3.83. The highest BCUT2D eigenvalue weighted by atomic mass is 16.5. The summed E-state index contributed by atoms with van der Waals surface area (Å²) < 4.78 is 5.03. The van der Waals surface area contributed by atoms with E-state index in [-0.39, 0.29) is 31.0 Å². The molecular formula is C12H19N3O4. The van der Waals surface area contributed by atoms with Gasteiger partial charge in [-0.3, -0.25) is 10.2 Å². The van der Waals surface area contributed by atoms with Gasteiger partial charge in [0.25, 0.3) is 0 Å². The highest BCUT2D eigenvalue weighted by molar-refractivity contribution is 5.78. The number of rotatable bonds is 4. The molecule has 1 fully saturated rings. The van der Waals surface area contributed by atoms with E-state index in [0.717, 1.165) is 25.7 Å². The van der Waals surface area contributed by atoms with Gasteiger partial charge in [-0.2, -0.15) is 0 Å². The van der Waals surface area contributed by atoms with Gasteiger partial charge in [-0.05, 0) is 25.7 Å². The summed E-state index contributed by atoms with van der Waals surface area (Å²) in [4.78, 5) is 11.4. The molecule has 1 aromatic rings. The largest absolute Gasteiger partial charge is 0.391 e. The number of nitrogens with zero attached hydrogens (tertiary/aromatic N) is 1. The Bertz CT molecular complexity index is 438. The quantitative estimate of drug-likeness (QED) is 0.344. The van der Waals surface area contributed by atoms with E-state index in [1.807, 2.05) is 0 Å². The molecule has 0 spiro atoms. The van der Waals surface area contributed by atoms with Crippen LogP contribution in [0.4, 0.5) is 0 Å². The number of hydrogen-bond acceptors (Lipinski definition) is 6. The summed E-state index contributed by atoms with van der Waals surface area (Å²) in [6.07, 6.45) is 3.06. The molecule has 5 N–H and O–H groups in total. The smallest absolute Gasteiger partial charge is 0.236 e. The molecule has 0 atom stereocenters. The Morgan fingerprint density at radius 2 is 2.00 bits per heavy atom. The number of aromatic nitrogens is 1. The molecule has 0 radical (unpaired) electrons. The van der Waals surface area contributed by atoms with E-state index in [1.54, 1.807) is 0 Å². The van der Waals surface area contributed by atoms with Crippen molar-refractivity contribution in [3.05, 3.63) is 17.0 Å². The predicted octanol–water partition coefficient (Wildman–Crippen LogP) is -0.0771. The summed E-state index contributed by atoms with van der Waals surface area (Å²) in [6.45, 7) is -0.467. The number of hydrazine groups is 1. The van der Waals surface area contributed by atoms with Crippen molar-refractivity contribution in [1.82, 2.24) is 10.6 Å². The van der Waals surface area contributed by atoms with E-state index < -0.39 is 0 Å². The first kappa shape index (κ1) is 14.0. The van der Waals surface area contributed by atoms with Crippen molar-refractivity contribution in [3.8, 4) is 0 Å². The lowest BCUT2D eigenvalue weighted by Crippen LogP contribution is -2.37. The van der Waals surface area contributed by atoms with Gasteiger partial charge in [0.2, 0.25) is 5.91 Å². The second-order valence-electron chi connectivity index (χ2n) is 4.84. The van der Waals surface area contributed by atoms with Crippen LogP contribution in [0.2, 0.25) is 0 Å². The minimum atomic E-state index is -0.270. The molecule has 1 saturated carbocycles. The van der Waals surface area contributed by atoms with Gasteiger partial charge in [-0.15, -0.1) is 0 Å². The fourth-order valence-electron chi connectivity index (χ4n) is 2.72. The number of aliphatic hydroxyl groups excluding tert-OH is 2. The van der Waals surface area contributed by atoms with Crippen molar-refractivity contribution >= 4 is 5.91 Å². The van der Waals surface area contributed by atoms with E-state index >= 15 is 0 Å². The van der Waals surface area contributed by atoms with Crippen molar-refractivity contribution in [2.75, 3.05) is 0 Å². The Morgan fingerprint density at radius 3 is 2.53 bits per heavy atom. The lowest BCUT2D eigenvalue weighted by Gasteiger charge is -2.26. The molecule has 7 nitrogen and oxygen atoms in total. The molecular weight excluding hydrogens is 250 g/mol. The highest BCUT2D eigenvalue weighted by Gasteiger charge is 2.30. The molecule has 106 valence electrons. The Hall–Kier alpha value is -1.44. The normalized spacial score (nSPS) is 23.3. The average molecular weight is 269 g/mol. The third kappa shape index (κ3) is 2.78. The van der Waals surface area contributed by atoms with Crippen molar-refractivity contribution in [2.24, 2.45) is 11.8 Å². The topological polar surface area (TPSA) is 122 Å². The number of amides is 1. The average Bonchev–Trinajstić information content (AvgIpc) is 2.89. The van der Waals surface area contributed by atoms with Gasteiger partial charge in [0.15, 0.2) is 5.76 Å². The van der Waals surface area contributed by atoms with Crippen LogP contribution >= 0.6 is 0 Å². The minimum Gasteiger partial charge on any atom is -0.391 e. The van der Waals surface area contributed by atoms with Crippen LogP contribution in [0.3, 0.4) is 0 Å². The summed E-state index contributed by atoms with van der Waals surface area (Å²) in [7, 11) is 0. The van der Waals surface area contributed by atoms with Crippen LogP contribution in [0.15, 0.2) is 4.52 Å². The van der Waals surface area contributed by atoms with Crippen LogP contribution in [0.1, 0.15) is 48.6 Å². The number of hydrogen-bond donors (Lipinski definition) is 4. The second-order valence-corrected chi connectivity index (χ2v) is 4.84. The van der Waals surface area contributed by atoms with Crippen LogP contribution in [0.25, 0.3) is 0 Å². The molecule has 0 aliphatic heterocycles. The fourth-order valence-corrected chi connectivity index (χ4v) is 2.72. The van der Waals surface area contributed by atoms with Crippen LogP contribution in [0, 0.1) is 5.92 Å². The van der Waals surface area contributed by atoms with E-state index in [0.29, 0.717) is 17.0 Å². The van der Waals surface area contributed by atoms with Gasteiger partial charge in [-0.25, -0.2) is 5.84 Å². The summed E-state index contributed by atoms with van der Waals surface area (Å²) in [5.41, 5.74) is 3.46. The fraction of sp³-hybridized carbons (Fsp3) is 0.667. The Balaban J connectivity index is 2.05. The molecule has 1 aromatic heterocycles. The lowest BCUT2D eigenvalue weighted by atomic mass is 9.79. The molecule has 0 bridgehead atoms. The molecule has 1 aliphatic rings. The molecule has 1 heterocycles. The third-order valence-corrected chi connectivity index (χ3v) is 3.83. The first-order valence-corrected chi connectivity index (χ1v) is 6.40. The van der Waals surface area contributed by atoms with Crippen LogP contribution in [-0.2, 0) is 18.0 Å². The Kier molecular flexibility index (Phi) is 4.52. The van der Waals surface area contributed by atoms with Crippen LogP contribution in [-0.4, -0.2) is 21.3 Å². The molecule has 19 heavy (non-hydrogen) atoms. The van der Waals surface area contributed by atoms with Crippen molar-refractivity contribution in [3.63, 3.8) is 0 Å².